The summed E-state index contributed by atoms with van der Waals surface area (Å²) < 4.78 is 1.40. The van der Waals surface area contributed by atoms with Gasteiger partial charge in [0.2, 0.25) is 0 Å². The molecule has 1 aromatic carbocycles. The van der Waals surface area contributed by atoms with Gasteiger partial charge in [0, 0.05) is 21.5 Å². The Bertz CT molecular complexity index is 453. The summed E-state index contributed by atoms with van der Waals surface area (Å²) in [6.45, 7) is 6.89. The summed E-state index contributed by atoms with van der Waals surface area (Å²) >= 11 is 1.93. The molecule has 0 spiro atoms. The molecule has 0 saturated heterocycles. The van der Waals surface area contributed by atoms with Gasteiger partial charge in [-0.05, 0) is 30.5 Å². The van der Waals surface area contributed by atoms with Crippen molar-refractivity contribution in [3.05, 3.63) is 35.2 Å². The Hall–Kier alpha value is -0.860. The molecule has 0 saturated carbocycles. The molecule has 0 fully saturated rings. The zero-order valence-electron chi connectivity index (χ0n) is 11.0. The van der Waals surface area contributed by atoms with Crippen molar-refractivity contribution in [1.29, 1.82) is 0 Å². The van der Waals surface area contributed by atoms with E-state index in [9.17, 15) is 0 Å². The lowest BCUT2D eigenvalue weighted by Crippen LogP contribution is -2.35. The molecular weight excluding hydrogens is 226 g/mol. The van der Waals surface area contributed by atoms with E-state index in [1.165, 1.54) is 15.0 Å². The second-order valence-electron chi connectivity index (χ2n) is 5.03. The number of fused-ring (bicyclic) bond motifs is 1. The molecule has 2 rings (SSSR count). The third-order valence-corrected chi connectivity index (χ3v) is 4.80. The SMILES string of the molecule is CNC(C(C)C)C(C)c1cc2ccccc2s1. The van der Waals surface area contributed by atoms with Crippen LogP contribution in [0.15, 0.2) is 30.3 Å². The van der Waals surface area contributed by atoms with Crippen LogP contribution in [0.5, 0.6) is 0 Å². The highest BCUT2D eigenvalue weighted by atomic mass is 32.1. The predicted octanol–water partition coefficient (Wildman–Crippen LogP) is 4.25. The molecule has 92 valence electrons. The summed E-state index contributed by atoms with van der Waals surface area (Å²) in [6.07, 6.45) is 0. The molecule has 0 amide bonds. The molecule has 2 heteroatoms. The van der Waals surface area contributed by atoms with Crippen LogP contribution in [0.3, 0.4) is 0 Å². The third-order valence-electron chi connectivity index (χ3n) is 3.48. The monoisotopic (exact) mass is 247 g/mol. The summed E-state index contributed by atoms with van der Waals surface area (Å²) in [5, 5.41) is 4.82. The Kier molecular flexibility index (Phi) is 3.85. The zero-order valence-corrected chi connectivity index (χ0v) is 11.8. The van der Waals surface area contributed by atoms with E-state index in [4.69, 9.17) is 0 Å². The van der Waals surface area contributed by atoms with Crippen molar-refractivity contribution in [3.63, 3.8) is 0 Å². The van der Waals surface area contributed by atoms with Gasteiger partial charge in [-0.15, -0.1) is 11.3 Å². The van der Waals surface area contributed by atoms with Crippen LogP contribution in [-0.2, 0) is 0 Å². The lowest BCUT2D eigenvalue weighted by Gasteiger charge is -2.26. The molecule has 1 aromatic heterocycles. The van der Waals surface area contributed by atoms with E-state index in [2.05, 4.69) is 63.5 Å². The topological polar surface area (TPSA) is 12.0 Å². The minimum absolute atomic E-state index is 0.545. The molecule has 0 aliphatic rings. The van der Waals surface area contributed by atoms with Gasteiger partial charge in [-0.1, -0.05) is 39.0 Å². The van der Waals surface area contributed by atoms with Crippen molar-refractivity contribution >= 4 is 21.4 Å². The Morgan fingerprint density at radius 2 is 1.82 bits per heavy atom. The Morgan fingerprint density at radius 3 is 2.41 bits per heavy atom. The van der Waals surface area contributed by atoms with Crippen LogP contribution in [0.4, 0.5) is 0 Å². The Labute approximate surface area is 108 Å². The van der Waals surface area contributed by atoms with Crippen molar-refractivity contribution in [3.8, 4) is 0 Å². The van der Waals surface area contributed by atoms with Gasteiger partial charge in [0.1, 0.15) is 0 Å². The van der Waals surface area contributed by atoms with E-state index in [0.717, 1.165) is 0 Å². The zero-order chi connectivity index (χ0) is 12.4. The van der Waals surface area contributed by atoms with Crippen LogP contribution in [0.25, 0.3) is 10.1 Å². The van der Waals surface area contributed by atoms with Crippen LogP contribution in [0.1, 0.15) is 31.6 Å². The average Bonchev–Trinajstić information content (AvgIpc) is 2.72. The Morgan fingerprint density at radius 1 is 1.12 bits per heavy atom. The van der Waals surface area contributed by atoms with Crippen LogP contribution < -0.4 is 5.32 Å². The Balaban J connectivity index is 2.32. The van der Waals surface area contributed by atoms with Crippen molar-refractivity contribution in [2.45, 2.75) is 32.7 Å². The summed E-state index contributed by atoms with van der Waals surface area (Å²) in [5.41, 5.74) is 0. The smallest absolute Gasteiger partial charge is 0.0345 e. The molecule has 1 nitrogen and oxygen atoms in total. The maximum Gasteiger partial charge on any atom is 0.0345 e. The molecule has 2 aromatic rings. The standard InChI is InChI=1S/C15H21NS/c1-10(2)15(16-4)11(3)14-9-12-7-5-6-8-13(12)17-14/h5-11,15-16H,1-4H3. The summed E-state index contributed by atoms with van der Waals surface area (Å²) in [4.78, 5) is 1.49. The molecular formula is C15H21NS. The highest BCUT2D eigenvalue weighted by molar-refractivity contribution is 7.19. The maximum absolute atomic E-state index is 3.45. The normalized spacial score (nSPS) is 15.4. The van der Waals surface area contributed by atoms with Crippen LogP contribution >= 0.6 is 11.3 Å². The first-order valence-electron chi connectivity index (χ1n) is 6.29. The first-order chi connectivity index (χ1) is 8.13. The molecule has 2 atom stereocenters. The molecule has 0 bridgehead atoms. The fourth-order valence-electron chi connectivity index (χ4n) is 2.56. The van der Waals surface area contributed by atoms with E-state index in [1.807, 2.05) is 11.3 Å². The third kappa shape index (κ3) is 2.53. The van der Waals surface area contributed by atoms with Gasteiger partial charge in [0.05, 0.1) is 0 Å². The summed E-state index contributed by atoms with van der Waals surface area (Å²) in [6, 6.07) is 11.5. The molecule has 1 N–H and O–H groups in total. The first-order valence-corrected chi connectivity index (χ1v) is 7.11. The number of nitrogens with one attached hydrogen (secondary N) is 1. The molecule has 1 heterocycles. The van der Waals surface area contributed by atoms with Crippen molar-refractivity contribution in [2.75, 3.05) is 7.05 Å². The lowest BCUT2D eigenvalue weighted by atomic mass is 9.91. The summed E-state index contributed by atoms with van der Waals surface area (Å²) in [7, 11) is 2.06. The quantitative estimate of drug-likeness (QED) is 0.851. The minimum Gasteiger partial charge on any atom is -0.316 e. The van der Waals surface area contributed by atoms with Crippen molar-refractivity contribution < 1.29 is 0 Å². The van der Waals surface area contributed by atoms with Gasteiger partial charge < -0.3 is 5.32 Å². The predicted molar refractivity (Wildman–Crippen MR) is 77.9 cm³/mol. The molecule has 0 aliphatic heterocycles. The first kappa shape index (κ1) is 12.6. The number of likely N-dealkylation sites (N-methyl/N-ethyl adjacent to an activating group) is 1. The average molecular weight is 247 g/mol. The van der Waals surface area contributed by atoms with E-state index in [-0.39, 0.29) is 0 Å². The van der Waals surface area contributed by atoms with Crippen LogP contribution in [0, 0.1) is 5.92 Å². The number of hydrogen-bond donors (Lipinski definition) is 1. The number of hydrogen-bond acceptors (Lipinski definition) is 2. The summed E-state index contributed by atoms with van der Waals surface area (Å²) in [5.74, 6) is 1.22. The largest absolute Gasteiger partial charge is 0.316 e. The second-order valence-corrected chi connectivity index (χ2v) is 6.15. The van der Waals surface area contributed by atoms with Crippen LogP contribution in [-0.4, -0.2) is 13.1 Å². The van der Waals surface area contributed by atoms with Gasteiger partial charge in [-0.3, -0.25) is 0 Å². The van der Waals surface area contributed by atoms with Gasteiger partial charge >= 0.3 is 0 Å². The fraction of sp³-hybridized carbons (Fsp3) is 0.467. The van der Waals surface area contributed by atoms with Gasteiger partial charge in [-0.2, -0.15) is 0 Å². The van der Waals surface area contributed by atoms with E-state index in [1.54, 1.807) is 0 Å². The number of benzene rings is 1. The van der Waals surface area contributed by atoms with Gasteiger partial charge in [0.15, 0.2) is 0 Å². The highest BCUT2D eigenvalue weighted by Gasteiger charge is 2.21. The molecule has 2 unspecified atom stereocenters. The molecule has 17 heavy (non-hydrogen) atoms. The van der Waals surface area contributed by atoms with E-state index < -0.39 is 0 Å². The minimum atomic E-state index is 0.545. The molecule has 0 radical (unpaired) electrons. The van der Waals surface area contributed by atoms with Crippen molar-refractivity contribution in [1.82, 2.24) is 5.32 Å². The second kappa shape index (κ2) is 5.19. The van der Waals surface area contributed by atoms with E-state index in [0.29, 0.717) is 17.9 Å². The maximum atomic E-state index is 3.45. The highest BCUT2D eigenvalue weighted by Crippen LogP contribution is 2.33. The fourth-order valence-corrected chi connectivity index (χ4v) is 3.73. The number of thiophene rings is 1. The van der Waals surface area contributed by atoms with Gasteiger partial charge in [0.25, 0.3) is 0 Å². The van der Waals surface area contributed by atoms with E-state index >= 15 is 0 Å². The lowest BCUT2D eigenvalue weighted by molar-refractivity contribution is 0.379. The van der Waals surface area contributed by atoms with Gasteiger partial charge in [-0.25, -0.2) is 0 Å². The van der Waals surface area contributed by atoms with Crippen molar-refractivity contribution in [2.24, 2.45) is 5.92 Å². The number of rotatable bonds is 4. The van der Waals surface area contributed by atoms with Crippen LogP contribution in [0.2, 0.25) is 0 Å². The molecule has 0 aliphatic carbocycles.